The predicted octanol–water partition coefficient (Wildman–Crippen LogP) is 12.1. The number of rotatable bonds is 8. The van der Waals surface area contributed by atoms with Crippen molar-refractivity contribution in [3.8, 4) is 56.4 Å². The summed E-state index contributed by atoms with van der Waals surface area (Å²) in [6, 6.07) is 70.6. The lowest BCUT2D eigenvalue weighted by Gasteiger charge is -2.14. The molecule has 0 saturated heterocycles. The highest BCUT2D eigenvalue weighted by molar-refractivity contribution is 6.20. The Balaban J connectivity index is 0.992. The van der Waals surface area contributed by atoms with E-state index in [-0.39, 0.29) is 0 Å². The van der Waals surface area contributed by atoms with Crippen molar-refractivity contribution in [3.63, 3.8) is 0 Å². The van der Waals surface area contributed by atoms with Crippen molar-refractivity contribution in [2.24, 2.45) is 15.0 Å². The maximum Gasteiger partial charge on any atom is 0.164 e. The Bertz CT molecular complexity index is 2950. The molecule has 8 aromatic carbocycles. The van der Waals surface area contributed by atoms with E-state index in [4.69, 9.17) is 29.9 Å². The van der Waals surface area contributed by atoms with Gasteiger partial charge in [-0.3, -0.25) is 4.99 Å². The van der Waals surface area contributed by atoms with E-state index in [9.17, 15) is 0 Å². The molecule has 0 unspecified atom stereocenters. The third kappa shape index (κ3) is 7.39. The molecule has 0 spiro atoms. The molecule has 2 heterocycles. The fraction of sp³-hybridized carbons (Fsp3) is 0.0189. The number of hydrogen-bond donors (Lipinski definition) is 0. The summed E-state index contributed by atoms with van der Waals surface area (Å²) in [6.45, 7) is 0.420. The molecule has 1 aromatic heterocycles. The standard InChI is InChI=1S/C53H36N6/c1-5-15-40(16-6-1)49-54-35-47(55-50(56-49)41-17-7-2-8-18-41)38-31-27-36(28-32-38)45-25-13-23-39-24-14-26-46(48(39)45)37-29-33-44(34-30-37)53-58-51(42-19-9-3-10-20-42)57-52(59-53)43-21-11-4-12-22-43/h1-34H,35H2. The summed E-state index contributed by atoms with van der Waals surface area (Å²) in [4.78, 5) is 29.8. The van der Waals surface area contributed by atoms with Crippen LogP contribution < -0.4 is 0 Å². The first kappa shape index (κ1) is 35.5. The van der Waals surface area contributed by atoms with Gasteiger partial charge < -0.3 is 0 Å². The van der Waals surface area contributed by atoms with E-state index in [1.807, 2.05) is 121 Å². The largest absolute Gasteiger partial charge is 0.260 e. The van der Waals surface area contributed by atoms with Gasteiger partial charge in [0, 0.05) is 27.8 Å². The molecule has 10 rings (SSSR count). The number of fused-ring (bicyclic) bond motifs is 1. The molecular weight excluding hydrogens is 721 g/mol. The van der Waals surface area contributed by atoms with Crippen molar-refractivity contribution in [1.29, 1.82) is 0 Å². The smallest absolute Gasteiger partial charge is 0.164 e. The summed E-state index contributed by atoms with van der Waals surface area (Å²) in [6.07, 6.45) is 0. The fourth-order valence-corrected chi connectivity index (χ4v) is 7.49. The zero-order valence-corrected chi connectivity index (χ0v) is 32.0. The van der Waals surface area contributed by atoms with Crippen LogP contribution >= 0.6 is 0 Å². The van der Waals surface area contributed by atoms with Crippen LogP contribution in [0, 0.1) is 0 Å². The van der Waals surface area contributed by atoms with Crippen LogP contribution in [0.4, 0.5) is 0 Å². The quantitative estimate of drug-likeness (QED) is 0.155. The normalized spacial score (nSPS) is 12.6. The van der Waals surface area contributed by atoms with Gasteiger partial charge in [0.1, 0.15) is 0 Å². The molecule has 0 radical (unpaired) electrons. The first-order chi connectivity index (χ1) is 29.2. The Labute approximate surface area is 342 Å². The van der Waals surface area contributed by atoms with Crippen LogP contribution in [0.25, 0.3) is 67.2 Å². The minimum Gasteiger partial charge on any atom is -0.260 e. The zero-order chi connectivity index (χ0) is 39.4. The van der Waals surface area contributed by atoms with Gasteiger partial charge in [-0.25, -0.2) is 24.9 Å². The Hall–Kier alpha value is -7.96. The molecule has 0 amide bonds. The minimum absolute atomic E-state index is 0.420. The van der Waals surface area contributed by atoms with E-state index in [0.29, 0.717) is 35.7 Å². The molecule has 0 aliphatic carbocycles. The van der Waals surface area contributed by atoms with Crippen molar-refractivity contribution >= 4 is 28.2 Å². The van der Waals surface area contributed by atoms with Crippen LogP contribution in [0.5, 0.6) is 0 Å². The van der Waals surface area contributed by atoms with Crippen molar-refractivity contribution in [2.45, 2.75) is 0 Å². The number of aromatic nitrogens is 3. The van der Waals surface area contributed by atoms with Crippen LogP contribution in [-0.2, 0) is 0 Å². The van der Waals surface area contributed by atoms with Gasteiger partial charge in [0.05, 0.1) is 12.3 Å². The number of hydrogen-bond acceptors (Lipinski definition) is 6. The highest BCUT2D eigenvalue weighted by atomic mass is 15.0. The van der Waals surface area contributed by atoms with Crippen LogP contribution in [0.2, 0.25) is 0 Å². The molecular formula is C53H36N6. The van der Waals surface area contributed by atoms with E-state index in [1.165, 1.54) is 10.8 Å². The average Bonchev–Trinajstić information content (AvgIpc) is 3.56. The molecule has 0 saturated carbocycles. The Morgan fingerprint density at radius 3 is 1.15 bits per heavy atom. The molecule has 9 aromatic rings. The number of aliphatic imine (C=N–C) groups is 3. The molecule has 0 atom stereocenters. The molecule has 6 nitrogen and oxygen atoms in total. The monoisotopic (exact) mass is 756 g/mol. The van der Waals surface area contributed by atoms with Gasteiger partial charge in [0.2, 0.25) is 0 Å². The Morgan fingerprint density at radius 2 is 0.678 bits per heavy atom. The van der Waals surface area contributed by atoms with E-state index in [0.717, 1.165) is 61.3 Å². The fourth-order valence-electron chi connectivity index (χ4n) is 7.49. The molecule has 59 heavy (non-hydrogen) atoms. The highest BCUT2D eigenvalue weighted by Crippen LogP contribution is 2.37. The van der Waals surface area contributed by atoms with E-state index in [2.05, 4.69) is 84.9 Å². The van der Waals surface area contributed by atoms with Gasteiger partial charge in [-0.1, -0.05) is 206 Å². The number of benzene rings is 8. The van der Waals surface area contributed by atoms with Gasteiger partial charge in [0.15, 0.2) is 29.1 Å². The van der Waals surface area contributed by atoms with Gasteiger partial charge in [-0.05, 0) is 38.6 Å². The Kier molecular flexibility index (Phi) is 9.55. The molecule has 1 aliphatic heterocycles. The molecule has 6 heteroatoms. The highest BCUT2D eigenvalue weighted by Gasteiger charge is 2.17. The van der Waals surface area contributed by atoms with Gasteiger partial charge >= 0.3 is 0 Å². The average molecular weight is 757 g/mol. The topological polar surface area (TPSA) is 75.8 Å². The van der Waals surface area contributed by atoms with E-state index in [1.54, 1.807) is 0 Å². The number of amidine groups is 2. The molecule has 0 N–H and O–H groups in total. The second-order valence-corrected chi connectivity index (χ2v) is 14.3. The van der Waals surface area contributed by atoms with Crippen LogP contribution in [0.1, 0.15) is 16.7 Å². The van der Waals surface area contributed by atoms with Crippen LogP contribution in [0.3, 0.4) is 0 Å². The van der Waals surface area contributed by atoms with Gasteiger partial charge in [-0.15, -0.1) is 0 Å². The van der Waals surface area contributed by atoms with E-state index >= 15 is 0 Å². The third-order valence-electron chi connectivity index (χ3n) is 10.5. The van der Waals surface area contributed by atoms with Gasteiger partial charge in [-0.2, -0.15) is 0 Å². The molecule has 0 bridgehead atoms. The summed E-state index contributed by atoms with van der Waals surface area (Å²) < 4.78 is 0. The van der Waals surface area contributed by atoms with Crippen molar-refractivity contribution < 1.29 is 0 Å². The summed E-state index contributed by atoms with van der Waals surface area (Å²) in [5.74, 6) is 3.24. The summed E-state index contributed by atoms with van der Waals surface area (Å²) in [5, 5.41) is 2.36. The molecule has 1 aliphatic rings. The van der Waals surface area contributed by atoms with Crippen molar-refractivity contribution in [1.82, 2.24) is 15.0 Å². The first-order valence-electron chi connectivity index (χ1n) is 19.7. The second-order valence-electron chi connectivity index (χ2n) is 14.3. The Morgan fingerprint density at radius 1 is 0.288 bits per heavy atom. The van der Waals surface area contributed by atoms with Gasteiger partial charge in [0.25, 0.3) is 0 Å². The van der Waals surface area contributed by atoms with Crippen molar-refractivity contribution in [3.05, 3.63) is 223 Å². The summed E-state index contributed by atoms with van der Waals surface area (Å²) in [7, 11) is 0. The maximum atomic E-state index is 5.11. The zero-order valence-electron chi connectivity index (χ0n) is 32.0. The summed E-state index contributed by atoms with van der Waals surface area (Å²) in [5.41, 5.74) is 11.1. The second kappa shape index (κ2) is 15.9. The van der Waals surface area contributed by atoms with Crippen molar-refractivity contribution in [2.75, 3.05) is 6.54 Å². The molecule has 0 fully saturated rings. The van der Waals surface area contributed by atoms with E-state index < -0.39 is 0 Å². The predicted molar refractivity (Wildman–Crippen MR) is 242 cm³/mol. The number of nitrogens with zero attached hydrogens (tertiary/aromatic N) is 6. The maximum absolute atomic E-state index is 5.11. The SMILES string of the molecule is c1ccc(C2=NCC(c3ccc(-c4cccc5cccc(-c6ccc(-c7nc(-c8ccccc8)nc(-c8ccccc8)n7)cc6)c45)cc3)=NC(c3ccccc3)=N2)cc1. The lowest BCUT2D eigenvalue weighted by molar-refractivity contribution is 1.07. The summed E-state index contributed by atoms with van der Waals surface area (Å²) >= 11 is 0. The van der Waals surface area contributed by atoms with Crippen LogP contribution in [0.15, 0.2) is 221 Å². The minimum atomic E-state index is 0.420. The third-order valence-corrected chi connectivity index (χ3v) is 10.5. The van der Waals surface area contributed by atoms with Crippen LogP contribution in [-0.4, -0.2) is 38.9 Å². The molecule has 278 valence electrons. The lowest BCUT2D eigenvalue weighted by atomic mass is 9.90. The first-order valence-corrected chi connectivity index (χ1v) is 19.7. The lowest BCUT2D eigenvalue weighted by Crippen LogP contribution is -2.08.